The lowest BCUT2D eigenvalue weighted by Crippen LogP contribution is -2.25. The summed E-state index contributed by atoms with van der Waals surface area (Å²) >= 11 is 0. The number of nitrogens with zero attached hydrogens (tertiary/aromatic N) is 4. The molecule has 0 aliphatic carbocycles. The molecule has 142 valence electrons. The molecule has 7 nitrogen and oxygen atoms in total. The third-order valence-corrected chi connectivity index (χ3v) is 5.08. The van der Waals surface area contributed by atoms with Gasteiger partial charge in [-0.3, -0.25) is 4.79 Å². The van der Waals surface area contributed by atoms with E-state index < -0.39 is 0 Å². The molecule has 0 saturated carbocycles. The van der Waals surface area contributed by atoms with E-state index in [0.717, 1.165) is 37.4 Å². The van der Waals surface area contributed by atoms with Crippen LogP contribution in [0.2, 0.25) is 0 Å². The van der Waals surface area contributed by atoms with Gasteiger partial charge in [0.05, 0.1) is 5.57 Å². The van der Waals surface area contributed by atoms with E-state index in [9.17, 15) is 4.79 Å². The average Bonchev–Trinajstić information content (AvgIpc) is 3.17. The Balaban J connectivity index is 1.89. The molecule has 1 aliphatic heterocycles. The monoisotopic (exact) mass is 366 g/mol. The smallest absolute Gasteiger partial charge is 0.273 e. The highest BCUT2D eigenvalue weighted by molar-refractivity contribution is 6.32. The summed E-state index contributed by atoms with van der Waals surface area (Å²) in [6.45, 7) is 11.7. The molecule has 0 radical (unpaired) electrons. The summed E-state index contributed by atoms with van der Waals surface area (Å²) in [4.78, 5) is 18.1. The first-order valence-corrected chi connectivity index (χ1v) is 9.33. The minimum Gasteiger partial charge on any atom is -0.359 e. The lowest BCUT2D eigenvalue weighted by molar-refractivity contribution is -0.116. The number of carbonyl (C=O) groups is 1. The lowest BCUT2D eigenvalue weighted by Gasteiger charge is -2.17. The van der Waals surface area contributed by atoms with Crippen LogP contribution in [0.5, 0.6) is 0 Å². The fraction of sp³-hybridized carbons (Fsp3) is 0.400. The standard InChI is InChI=1S/C20H26N6O/c1-5-26(6-2)11-9-15-13(3)18(22-14(15)4)12-16-19(24-25-20(16)27)17-8-7-10-21-23-17/h7-8,10,12,22H,5-6,9,11H2,1-4H3,(H,25,27). The number of hydrazone groups is 1. The molecule has 2 N–H and O–H groups in total. The third-order valence-electron chi connectivity index (χ3n) is 5.08. The van der Waals surface area contributed by atoms with Crippen molar-refractivity contribution in [3.05, 3.63) is 52.1 Å². The van der Waals surface area contributed by atoms with E-state index >= 15 is 0 Å². The molecule has 3 rings (SSSR count). The Bertz CT molecular complexity index is 877. The maximum absolute atomic E-state index is 12.3. The molecule has 0 bridgehead atoms. The van der Waals surface area contributed by atoms with Gasteiger partial charge in [0.2, 0.25) is 0 Å². The summed E-state index contributed by atoms with van der Waals surface area (Å²) in [6.07, 6.45) is 4.44. The van der Waals surface area contributed by atoms with Crippen molar-refractivity contribution < 1.29 is 4.79 Å². The number of rotatable bonds is 7. The molecular formula is C20H26N6O. The number of H-pyrrole nitrogens is 1. The number of nitrogens with one attached hydrogen (secondary N) is 2. The lowest BCUT2D eigenvalue weighted by atomic mass is 10.0. The zero-order valence-electron chi connectivity index (χ0n) is 16.3. The van der Waals surface area contributed by atoms with Gasteiger partial charge in [-0.2, -0.15) is 10.2 Å². The molecule has 0 aromatic carbocycles. The molecule has 1 amide bonds. The zero-order chi connectivity index (χ0) is 19.4. The summed E-state index contributed by atoms with van der Waals surface area (Å²) in [6, 6.07) is 3.57. The Morgan fingerprint density at radius 1 is 1.22 bits per heavy atom. The number of hydrogen-bond donors (Lipinski definition) is 2. The average molecular weight is 366 g/mol. The van der Waals surface area contributed by atoms with E-state index in [2.05, 4.69) is 58.3 Å². The van der Waals surface area contributed by atoms with Gasteiger partial charge in [-0.25, -0.2) is 5.43 Å². The summed E-state index contributed by atoms with van der Waals surface area (Å²) < 4.78 is 0. The highest BCUT2D eigenvalue weighted by Gasteiger charge is 2.26. The predicted octanol–water partition coefficient (Wildman–Crippen LogP) is 2.22. The van der Waals surface area contributed by atoms with Crippen LogP contribution in [0.15, 0.2) is 29.0 Å². The van der Waals surface area contributed by atoms with Crippen molar-refractivity contribution in [3.8, 4) is 0 Å². The van der Waals surface area contributed by atoms with Crippen molar-refractivity contribution >= 4 is 17.7 Å². The number of aryl methyl sites for hydroxylation is 1. The fourth-order valence-corrected chi connectivity index (χ4v) is 3.38. The Hall–Kier alpha value is -2.80. The summed E-state index contributed by atoms with van der Waals surface area (Å²) in [5.74, 6) is -0.230. The van der Waals surface area contributed by atoms with Gasteiger partial charge in [-0.05, 0) is 62.7 Å². The second kappa shape index (κ2) is 8.26. The van der Waals surface area contributed by atoms with Crippen LogP contribution in [0.1, 0.15) is 42.1 Å². The number of aromatic nitrogens is 3. The van der Waals surface area contributed by atoms with Crippen molar-refractivity contribution in [1.82, 2.24) is 25.5 Å². The van der Waals surface area contributed by atoms with Crippen molar-refractivity contribution in [1.29, 1.82) is 0 Å². The topological polar surface area (TPSA) is 86.3 Å². The molecule has 2 aromatic rings. The van der Waals surface area contributed by atoms with Crippen molar-refractivity contribution in [3.63, 3.8) is 0 Å². The van der Waals surface area contributed by atoms with E-state index in [4.69, 9.17) is 0 Å². The molecule has 0 fully saturated rings. The molecule has 7 heteroatoms. The quantitative estimate of drug-likeness (QED) is 0.736. The van der Waals surface area contributed by atoms with Gasteiger partial charge in [0, 0.05) is 24.1 Å². The number of aromatic amines is 1. The van der Waals surface area contributed by atoms with Crippen molar-refractivity contribution in [2.45, 2.75) is 34.1 Å². The predicted molar refractivity (Wildman–Crippen MR) is 106 cm³/mol. The summed E-state index contributed by atoms with van der Waals surface area (Å²) in [5.41, 5.74) is 8.67. The van der Waals surface area contributed by atoms with E-state index in [0.29, 0.717) is 17.0 Å². The van der Waals surface area contributed by atoms with Gasteiger partial charge in [0.15, 0.2) is 0 Å². The van der Waals surface area contributed by atoms with E-state index in [1.807, 2.05) is 6.08 Å². The van der Waals surface area contributed by atoms with Crippen LogP contribution in [0.3, 0.4) is 0 Å². The van der Waals surface area contributed by atoms with Crippen LogP contribution in [0.25, 0.3) is 6.08 Å². The highest BCUT2D eigenvalue weighted by Crippen LogP contribution is 2.23. The first-order chi connectivity index (χ1) is 13.0. The molecule has 1 aliphatic rings. The van der Waals surface area contributed by atoms with Crippen LogP contribution in [0.4, 0.5) is 0 Å². The fourth-order valence-electron chi connectivity index (χ4n) is 3.38. The Morgan fingerprint density at radius 2 is 2.00 bits per heavy atom. The largest absolute Gasteiger partial charge is 0.359 e. The molecule has 0 unspecified atom stereocenters. The minimum absolute atomic E-state index is 0.230. The van der Waals surface area contributed by atoms with Crippen LogP contribution in [-0.4, -0.2) is 51.3 Å². The SMILES string of the molecule is CCN(CC)CCc1c(C)[nH]c(C=C2C(=O)NN=C2c2cccnn2)c1C. The maximum Gasteiger partial charge on any atom is 0.273 e. The molecular weight excluding hydrogens is 340 g/mol. The molecule has 0 spiro atoms. The Morgan fingerprint density at radius 3 is 2.67 bits per heavy atom. The number of likely N-dealkylation sites (N-methyl/N-ethyl adjacent to an activating group) is 1. The normalized spacial score (nSPS) is 15.5. The molecule has 27 heavy (non-hydrogen) atoms. The van der Waals surface area contributed by atoms with E-state index in [1.165, 1.54) is 11.1 Å². The summed E-state index contributed by atoms with van der Waals surface area (Å²) in [5, 5.41) is 12.1. The zero-order valence-corrected chi connectivity index (χ0v) is 16.3. The number of carbonyl (C=O) groups excluding carboxylic acids is 1. The molecule has 0 saturated heterocycles. The highest BCUT2D eigenvalue weighted by atomic mass is 16.2. The van der Waals surface area contributed by atoms with Gasteiger partial charge in [0.25, 0.3) is 5.91 Å². The van der Waals surface area contributed by atoms with Crippen molar-refractivity contribution in [2.75, 3.05) is 19.6 Å². The van der Waals surface area contributed by atoms with Crippen LogP contribution in [0, 0.1) is 13.8 Å². The summed E-state index contributed by atoms with van der Waals surface area (Å²) in [7, 11) is 0. The maximum atomic E-state index is 12.3. The first-order valence-electron chi connectivity index (χ1n) is 9.33. The third kappa shape index (κ3) is 3.98. The van der Waals surface area contributed by atoms with Gasteiger partial charge >= 0.3 is 0 Å². The molecule has 2 aromatic heterocycles. The second-order valence-corrected chi connectivity index (χ2v) is 6.61. The van der Waals surface area contributed by atoms with Gasteiger partial charge in [-0.15, -0.1) is 5.10 Å². The molecule has 3 heterocycles. The first kappa shape index (κ1) is 19.0. The van der Waals surface area contributed by atoms with Gasteiger partial charge in [0.1, 0.15) is 11.4 Å². The van der Waals surface area contributed by atoms with Crippen LogP contribution in [-0.2, 0) is 11.2 Å². The minimum atomic E-state index is -0.230. The Labute approximate surface area is 159 Å². The van der Waals surface area contributed by atoms with E-state index in [1.54, 1.807) is 18.3 Å². The van der Waals surface area contributed by atoms with Crippen molar-refractivity contribution in [2.24, 2.45) is 5.10 Å². The van der Waals surface area contributed by atoms with Crippen LogP contribution < -0.4 is 5.43 Å². The number of hydrogen-bond acceptors (Lipinski definition) is 5. The van der Waals surface area contributed by atoms with Crippen LogP contribution >= 0.6 is 0 Å². The van der Waals surface area contributed by atoms with Gasteiger partial charge in [-0.1, -0.05) is 13.8 Å². The van der Waals surface area contributed by atoms with Gasteiger partial charge < -0.3 is 9.88 Å². The number of amides is 1. The molecule has 0 atom stereocenters. The second-order valence-electron chi connectivity index (χ2n) is 6.61. The Kier molecular flexibility index (Phi) is 5.81. The van der Waals surface area contributed by atoms with E-state index in [-0.39, 0.29) is 5.91 Å².